The van der Waals surface area contributed by atoms with Gasteiger partial charge in [-0.05, 0) is 75.4 Å². The molecule has 0 unspecified atom stereocenters. The van der Waals surface area contributed by atoms with Gasteiger partial charge in [-0.25, -0.2) is 4.39 Å². The zero-order chi connectivity index (χ0) is 21.6. The standard InChI is InChI=1S/C25H35FN2O2/c1-20(2)30-23-10-8-22(9-11-23)27(3)17-13-25(29)14-18-28(19-15-25)16-12-21-6-4-5-7-24(21)26/h4-11,20,29H,12-19H2,1-3H3. The molecule has 0 bridgehead atoms. The largest absolute Gasteiger partial charge is 0.491 e. The second-order valence-electron chi connectivity index (χ2n) is 8.74. The second-order valence-corrected chi connectivity index (χ2v) is 8.74. The fourth-order valence-electron chi connectivity index (χ4n) is 3.98. The number of benzene rings is 2. The van der Waals surface area contributed by atoms with Crippen LogP contribution in [-0.4, -0.2) is 54.9 Å². The van der Waals surface area contributed by atoms with Crippen LogP contribution in [0.25, 0.3) is 0 Å². The summed E-state index contributed by atoms with van der Waals surface area (Å²) in [4.78, 5) is 4.51. The van der Waals surface area contributed by atoms with Gasteiger partial charge < -0.3 is 19.6 Å². The van der Waals surface area contributed by atoms with Gasteiger partial charge in [0.15, 0.2) is 0 Å². The zero-order valence-corrected chi connectivity index (χ0v) is 18.5. The number of piperidine rings is 1. The fourth-order valence-corrected chi connectivity index (χ4v) is 3.98. The van der Waals surface area contributed by atoms with Gasteiger partial charge in [0.05, 0.1) is 11.7 Å². The number of likely N-dealkylation sites (tertiary alicyclic amines) is 1. The minimum atomic E-state index is -0.622. The van der Waals surface area contributed by atoms with Crippen LogP contribution in [0, 0.1) is 5.82 Å². The molecule has 0 atom stereocenters. The lowest BCUT2D eigenvalue weighted by atomic mass is 9.88. The molecule has 2 aromatic rings. The van der Waals surface area contributed by atoms with Gasteiger partial charge in [-0.3, -0.25) is 0 Å². The second kappa shape index (κ2) is 10.3. The molecule has 5 heteroatoms. The molecule has 1 aliphatic rings. The Bertz CT molecular complexity index is 786. The smallest absolute Gasteiger partial charge is 0.126 e. The normalized spacial score (nSPS) is 16.6. The summed E-state index contributed by atoms with van der Waals surface area (Å²) in [6.45, 7) is 7.39. The van der Waals surface area contributed by atoms with Crippen LogP contribution < -0.4 is 9.64 Å². The Hall–Kier alpha value is -2.11. The van der Waals surface area contributed by atoms with Crippen molar-refractivity contribution in [1.29, 1.82) is 0 Å². The molecule has 0 saturated carbocycles. The Morgan fingerprint density at radius 1 is 1.10 bits per heavy atom. The van der Waals surface area contributed by atoms with Crippen molar-refractivity contribution < 1.29 is 14.2 Å². The molecular weight excluding hydrogens is 379 g/mol. The Morgan fingerprint density at radius 2 is 1.77 bits per heavy atom. The molecule has 3 rings (SSSR count). The zero-order valence-electron chi connectivity index (χ0n) is 18.5. The van der Waals surface area contributed by atoms with E-state index in [0.717, 1.165) is 62.4 Å². The molecule has 30 heavy (non-hydrogen) atoms. The van der Waals surface area contributed by atoms with Crippen molar-refractivity contribution in [3.63, 3.8) is 0 Å². The van der Waals surface area contributed by atoms with Crippen LogP contribution in [0.5, 0.6) is 5.75 Å². The first kappa shape index (κ1) is 22.6. The summed E-state index contributed by atoms with van der Waals surface area (Å²) in [5.74, 6) is 0.751. The first-order valence-electron chi connectivity index (χ1n) is 11.0. The summed E-state index contributed by atoms with van der Waals surface area (Å²) in [6.07, 6.45) is 3.15. The molecule has 1 fully saturated rings. The number of anilines is 1. The minimum absolute atomic E-state index is 0.127. The van der Waals surface area contributed by atoms with Crippen LogP contribution in [0.1, 0.15) is 38.7 Å². The summed E-state index contributed by atoms with van der Waals surface area (Å²) in [7, 11) is 2.06. The lowest BCUT2D eigenvalue weighted by Gasteiger charge is -2.39. The van der Waals surface area contributed by atoms with Gasteiger partial charge >= 0.3 is 0 Å². The molecule has 0 spiro atoms. The van der Waals surface area contributed by atoms with E-state index in [2.05, 4.69) is 29.0 Å². The van der Waals surface area contributed by atoms with Crippen molar-refractivity contribution in [2.45, 2.75) is 51.2 Å². The molecule has 2 aromatic carbocycles. The van der Waals surface area contributed by atoms with Gasteiger partial charge in [-0.2, -0.15) is 0 Å². The molecule has 1 heterocycles. The number of ether oxygens (including phenoxy) is 1. The highest BCUT2D eigenvalue weighted by molar-refractivity contribution is 5.48. The number of hydrogen-bond acceptors (Lipinski definition) is 4. The molecule has 0 amide bonds. The first-order valence-corrected chi connectivity index (χ1v) is 11.0. The highest BCUT2D eigenvalue weighted by Crippen LogP contribution is 2.27. The van der Waals surface area contributed by atoms with E-state index in [9.17, 15) is 9.50 Å². The number of aliphatic hydroxyl groups is 1. The molecule has 1 N–H and O–H groups in total. The lowest BCUT2D eigenvalue weighted by molar-refractivity contribution is -0.0254. The topological polar surface area (TPSA) is 35.9 Å². The van der Waals surface area contributed by atoms with Crippen molar-refractivity contribution in [1.82, 2.24) is 4.90 Å². The van der Waals surface area contributed by atoms with E-state index in [1.54, 1.807) is 6.07 Å². The minimum Gasteiger partial charge on any atom is -0.491 e. The van der Waals surface area contributed by atoms with Gasteiger partial charge in [-0.1, -0.05) is 18.2 Å². The van der Waals surface area contributed by atoms with Crippen LogP contribution in [-0.2, 0) is 6.42 Å². The molecule has 164 valence electrons. The Morgan fingerprint density at radius 3 is 2.40 bits per heavy atom. The van der Waals surface area contributed by atoms with Gasteiger partial charge in [0.2, 0.25) is 0 Å². The van der Waals surface area contributed by atoms with Crippen LogP contribution in [0.4, 0.5) is 10.1 Å². The summed E-state index contributed by atoms with van der Waals surface area (Å²) in [6, 6.07) is 15.1. The van der Waals surface area contributed by atoms with Crippen LogP contribution in [0.2, 0.25) is 0 Å². The Kier molecular flexibility index (Phi) is 7.73. The quantitative estimate of drug-likeness (QED) is 0.655. The van der Waals surface area contributed by atoms with E-state index >= 15 is 0 Å². The van der Waals surface area contributed by atoms with Crippen LogP contribution in [0.3, 0.4) is 0 Å². The van der Waals surface area contributed by atoms with Gasteiger partial charge in [0, 0.05) is 38.9 Å². The Balaban J connectivity index is 1.42. The first-order chi connectivity index (χ1) is 14.3. The number of halogens is 1. The molecule has 0 aromatic heterocycles. The maximum Gasteiger partial charge on any atom is 0.126 e. The van der Waals surface area contributed by atoms with Crippen molar-refractivity contribution in [3.05, 3.63) is 59.9 Å². The summed E-state index contributed by atoms with van der Waals surface area (Å²) in [5.41, 5.74) is 1.27. The van der Waals surface area contributed by atoms with Crippen LogP contribution in [0.15, 0.2) is 48.5 Å². The van der Waals surface area contributed by atoms with E-state index in [0.29, 0.717) is 6.42 Å². The van der Waals surface area contributed by atoms with Gasteiger partial charge in [0.1, 0.15) is 11.6 Å². The fraction of sp³-hybridized carbons (Fsp3) is 0.520. The van der Waals surface area contributed by atoms with E-state index < -0.39 is 5.60 Å². The SMILES string of the molecule is CC(C)Oc1ccc(N(C)CCC2(O)CCN(CCc3ccccc3F)CC2)cc1. The average molecular weight is 415 g/mol. The van der Waals surface area contributed by atoms with Gasteiger partial charge in [0.25, 0.3) is 0 Å². The van der Waals surface area contributed by atoms with E-state index in [-0.39, 0.29) is 11.9 Å². The molecular formula is C25H35FN2O2. The van der Waals surface area contributed by atoms with Crippen molar-refractivity contribution in [2.75, 3.05) is 38.1 Å². The maximum atomic E-state index is 13.8. The Labute approximate surface area is 180 Å². The highest BCUT2D eigenvalue weighted by Gasteiger charge is 2.32. The molecule has 1 aliphatic heterocycles. The number of hydrogen-bond donors (Lipinski definition) is 1. The third-order valence-corrected chi connectivity index (χ3v) is 6.00. The van der Waals surface area contributed by atoms with Crippen molar-refractivity contribution in [3.8, 4) is 5.75 Å². The van der Waals surface area contributed by atoms with E-state index in [1.807, 2.05) is 38.1 Å². The summed E-state index contributed by atoms with van der Waals surface area (Å²) >= 11 is 0. The molecule has 4 nitrogen and oxygen atoms in total. The van der Waals surface area contributed by atoms with Gasteiger partial charge in [-0.15, -0.1) is 0 Å². The summed E-state index contributed by atoms with van der Waals surface area (Å²) < 4.78 is 19.5. The predicted octanol–water partition coefficient (Wildman–Crippen LogP) is 4.51. The van der Waals surface area contributed by atoms with E-state index in [4.69, 9.17) is 4.74 Å². The monoisotopic (exact) mass is 414 g/mol. The molecule has 0 radical (unpaired) electrons. The number of rotatable bonds is 9. The third kappa shape index (κ3) is 6.44. The average Bonchev–Trinajstić information content (AvgIpc) is 2.73. The van der Waals surface area contributed by atoms with E-state index in [1.165, 1.54) is 6.07 Å². The third-order valence-electron chi connectivity index (χ3n) is 6.00. The number of nitrogens with zero attached hydrogens (tertiary/aromatic N) is 2. The lowest BCUT2D eigenvalue weighted by Crippen LogP contribution is -2.46. The maximum absolute atomic E-state index is 13.8. The van der Waals surface area contributed by atoms with Crippen LogP contribution >= 0.6 is 0 Å². The summed E-state index contributed by atoms with van der Waals surface area (Å²) in [5, 5.41) is 11.0. The highest BCUT2D eigenvalue weighted by atomic mass is 19.1. The predicted molar refractivity (Wildman–Crippen MR) is 121 cm³/mol. The molecule has 0 aliphatic carbocycles. The molecule has 1 saturated heterocycles. The van der Waals surface area contributed by atoms with Crippen molar-refractivity contribution >= 4 is 5.69 Å². The van der Waals surface area contributed by atoms with Crippen molar-refractivity contribution in [2.24, 2.45) is 0 Å².